The van der Waals surface area contributed by atoms with Gasteiger partial charge in [-0.1, -0.05) is 11.3 Å². The molecule has 0 saturated carbocycles. The van der Waals surface area contributed by atoms with E-state index in [4.69, 9.17) is 0 Å². The molecule has 2 heterocycles. The number of rotatable bonds is 1. The molecule has 0 atom stereocenters. The van der Waals surface area contributed by atoms with Crippen molar-refractivity contribution in [3.63, 3.8) is 0 Å². The minimum absolute atomic E-state index is 0.0522. The Balaban J connectivity index is 2.33. The van der Waals surface area contributed by atoms with Crippen LogP contribution in [0.5, 0.6) is 0 Å². The molecule has 0 fully saturated rings. The van der Waals surface area contributed by atoms with Gasteiger partial charge in [-0.2, -0.15) is 0 Å². The van der Waals surface area contributed by atoms with Crippen LogP contribution in [0, 0.1) is 10.1 Å². The van der Waals surface area contributed by atoms with Crippen molar-refractivity contribution >= 4 is 27.9 Å². The molecule has 0 unspecified atom stereocenters. The van der Waals surface area contributed by atoms with Crippen LogP contribution in [-0.4, -0.2) is 10.8 Å². The van der Waals surface area contributed by atoms with Crippen molar-refractivity contribution in [1.82, 2.24) is 0 Å². The van der Waals surface area contributed by atoms with E-state index in [0.717, 1.165) is 35.5 Å². The van der Waals surface area contributed by atoms with Gasteiger partial charge in [0.25, 0.3) is 0 Å². The summed E-state index contributed by atoms with van der Waals surface area (Å²) in [6.45, 7) is 0. The van der Waals surface area contributed by atoms with Gasteiger partial charge in [-0.25, -0.2) is 0 Å². The number of hydrogen-bond acceptors (Lipinski definition) is 4. The van der Waals surface area contributed by atoms with Crippen LogP contribution in [0.15, 0.2) is 6.07 Å². The fraction of sp³-hybridized carbons (Fsp3) is 0.444. The molecule has 80 valence electrons. The van der Waals surface area contributed by atoms with Gasteiger partial charge in [-0.05, 0) is 19.3 Å². The molecule has 1 aromatic rings. The fourth-order valence-electron chi connectivity index (χ4n) is 1.58. The third-order valence-electron chi connectivity index (χ3n) is 2.31. The van der Waals surface area contributed by atoms with E-state index in [9.17, 15) is 14.9 Å². The lowest BCUT2D eigenvalue weighted by Gasteiger charge is -2.09. The Bertz CT molecular complexity index is 413. The highest BCUT2D eigenvalue weighted by Crippen LogP contribution is 2.35. The lowest BCUT2D eigenvalue weighted by atomic mass is 10.1. The molecule has 0 bridgehead atoms. The van der Waals surface area contributed by atoms with E-state index in [0.29, 0.717) is 12.1 Å². The van der Waals surface area contributed by atoms with Gasteiger partial charge in [0.15, 0.2) is 0 Å². The van der Waals surface area contributed by atoms with Crippen LogP contribution in [0.2, 0.25) is 0 Å². The summed E-state index contributed by atoms with van der Waals surface area (Å²) in [5.74, 6) is -0.0522. The van der Waals surface area contributed by atoms with Crippen LogP contribution in [0.3, 0.4) is 0 Å². The Kier molecular flexibility index (Phi) is 2.68. The van der Waals surface area contributed by atoms with E-state index in [-0.39, 0.29) is 10.9 Å². The molecular weight excluding hydrogens is 216 g/mol. The van der Waals surface area contributed by atoms with Crippen molar-refractivity contribution in [3.05, 3.63) is 21.1 Å². The topological polar surface area (TPSA) is 72.2 Å². The highest BCUT2D eigenvalue weighted by molar-refractivity contribution is 7.15. The maximum Gasteiger partial charge on any atom is 0.326 e. The second-order valence-corrected chi connectivity index (χ2v) is 4.55. The van der Waals surface area contributed by atoms with Gasteiger partial charge in [0.1, 0.15) is 0 Å². The third-order valence-corrected chi connectivity index (χ3v) is 3.45. The number of amides is 1. The largest absolute Gasteiger partial charge is 0.326 e. The van der Waals surface area contributed by atoms with Gasteiger partial charge in [-0.3, -0.25) is 14.9 Å². The summed E-state index contributed by atoms with van der Waals surface area (Å²) in [5.41, 5.74) is 0.622. The number of carbonyl (C=O) groups is 1. The highest BCUT2D eigenvalue weighted by atomic mass is 32.1. The van der Waals surface area contributed by atoms with Crippen LogP contribution < -0.4 is 5.32 Å². The Morgan fingerprint density at radius 2 is 2.13 bits per heavy atom. The first-order valence-electron chi connectivity index (χ1n) is 4.74. The summed E-state index contributed by atoms with van der Waals surface area (Å²) in [6, 6.07) is 1.45. The van der Waals surface area contributed by atoms with E-state index in [1.54, 1.807) is 0 Å². The Morgan fingerprint density at radius 3 is 2.87 bits per heavy atom. The molecule has 1 aliphatic heterocycles. The average Bonchev–Trinajstić information content (AvgIpc) is 2.52. The smallest absolute Gasteiger partial charge is 0.325 e. The number of carbonyl (C=O) groups excluding carboxylic acids is 1. The van der Waals surface area contributed by atoms with Crippen molar-refractivity contribution in [2.45, 2.75) is 25.7 Å². The zero-order valence-electron chi connectivity index (χ0n) is 7.99. The first-order chi connectivity index (χ1) is 7.16. The van der Waals surface area contributed by atoms with E-state index in [1.165, 1.54) is 6.07 Å². The van der Waals surface area contributed by atoms with Crippen LogP contribution in [0.1, 0.15) is 24.1 Å². The first kappa shape index (κ1) is 10.1. The minimum Gasteiger partial charge on any atom is -0.325 e. The molecule has 6 heteroatoms. The molecule has 1 aromatic heterocycles. The quantitative estimate of drug-likeness (QED) is 0.590. The number of anilines is 1. The molecule has 1 N–H and O–H groups in total. The first-order valence-corrected chi connectivity index (χ1v) is 5.55. The molecule has 5 nitrogen and oxygen atoms in total. The molecule has 0 radical (unpaired) electrons. The zero-order chi connectivity index (χ0) is 10.8. The van der Waals surface area contributed by atoms with E-state index in [1.807, 2.05) is 0 Å². The fourth-order valence-corrected chi connectivity index (χ4v) is 2.55. The molecule has 1 aliphatic rings. The van der Waals surface area contributed by atoms with Gasteiger partial charge in [-0.15, -0.1) is 0 Å². The van der Waals surface area contributed by atoms with E-state index >= 15 is 0 Å². The zero-order valence-corrected chi connectivity index (χ0v) is 8.80. The van der Waals surface area contributed by atoms with Crippen molar-refractivity contribution in [2.75, 3.05) is 5.32 Å². The highest BCUT2D eigenvalue weighted by Gasteiger charge is 2.19. The molecule has 2 rings (SSSR count). The van der Waals surface area contributed by atoms with Crippen molar-refractivity contribution < 1.29 is 9.72 Å². The normalized spacial score (nSPS) is 16.1. The monoisotopic (exact) mass is 226 g/mol. The van der Waals surface area contributed by atoms with E-state index < -0.39 is 4.92 Å². The number of nitrogens with one attached hydrogen (secondary N) is 1. The number of nitrogens with zero attached hydrogens (tertiary/aromatic N) is 1. The number of thiophene rings is 1. The maximum atomic E-state index is 11.3. The lowest BCUT2D eigenvalue weighted by Crippen LogP contribution is -2.13. The summed E-state index contributed by atoms with van der Waals surface area (Å²) < 4.78 is 0. The van der Waals surface area contributed by atoms with Gasteiger partial charge < -0.3 is 5.32 Å². The molecule has 1 amide bonds. The third kappa shape index (κ3) is 2.15. The second kappa shape index (κ2) is 3.98. The summed E-state index contributed by atoms with van der Waals surface area (Å²) >= 11 is 1.15. The Labute approximate surface area is 90.3 Å². The molecule has 0 saturated heterocycles. The lowest BCUT2D eigenvalue weighted by molar-refractivity contribution is -0.380. The molecular formula is C9H10N2O3S. The Hall–Kier alpha value is -1.43. The Morgan fingerprint density at radius 1 is 1.40 bits per heavy atom. The van der Waals surface area contributed by atoms with Gasteiger partial charge in [0.05, 0.1) is 16.7 Å². The standard InChI is InChI=1S/C9H10N2O3S/c12-8-4-2-1-3-7-6(10-8)5-9(15-7)11(13)14/h5H,1-4H2,(H,10,12). The number of nitro groups is 1. The van der Waals surface area contributed by atoms with Crippen molar-refractivity contribution in [3.8, 4) is 0 Å². The van der Waals surface area contributed by atoms with E-state index in [2.05, 4.69) is 5.32 Å². The van der Waals surface area contributed by atoms with Crippen molar-refractivity contribution in [2.24, 2.45) is 0 Å². The summed E-state index contributed by atoms with van der Waals surface area (Å²) in [6.07, 6.45) is 3.08. The van der Waals surface area contributed by atoms with Crippen LogP contribution in [-0.2, 0) is 11.2 Å². The van der Waals surface area contributed by atoms with Crippen LogP contribution in [0.4, 0.5) is 10.7 Å². The SMILES string of the molecule is O=C1CCCCc2sc([N+](=O)[O-])cc2N1. The molecule has 0 spiro atoms. The number of aryl methyl sites for hydroxylation is 1. The molecule has 0 aliphatic carbocycles. The number of hydrogen-bond donors (Lipinski definition) is 1. The summed E-state index contributed by atoms with van der Waals surface area (Å²) in [5, 5.41) is 13.4. The predicted octanol–water partition coefficient (Wildman–Crippen LogP) is 2.32. The number of fused-ring (bicyclic) bond motifs is 1. The minimum atomic E-state index is -0.415. The van der Waals surface area contributed by atoms with Gasteiger partial charge in [0, 0.05) is 11.3 Å². The summed E-state index contributed by atoms with van der Waals surface area (Å²) in [4.78, 5) is 22.4. The van der Waals surface area contributed by atoms with Gasteiger partial charge in [0.2, 0.25) is 5.91 Å². The van der Waals surface area contributed by atoms with Crippen LogP contribution >= 0.6 is 11.3 Å². The predicted molar refractivity (Wildman–Crippen MR) is 57.2 cm³/mol. The van der Waals surface area contributed by atoms with Crippen LogP contribution in [0.25, 0.3) is 0 Å². The second-order valence-electron chi connectivity index (χ2n) is 3.43. The van der Waals surface area contributed by atoms with Crippen molar-refractivity contribution in [1.29, 1.82) is 0 Å². The van der Waals surface area contributed by atoms with Gasteiger partial charge >= 0.3 is 5.00 Å². The average molecular weight is 226 g/mol. The molecule has 15 heavy (non-hydrogen) atoms. The summed E-state index contributed by atoms with van der Waals surface area (Å²) in [7, 11) is 0. The maximum absolute atomic E-state index is 11.3. The molecule has 0 aromatic carbocycles.